The lowest BCUT2D eigenvalue weighted by atomic mass is 9.88. The maximum atomic E-state index is 13.6. The maximum Gasteiger partial charge on any atom is 0.408 e. The van der Waals surface area contributed by atoms with Crippen molar-refractivity contribution in [2.24, 2.45) is 17.8 Å². The van der Waals surface area contributed by atoms with Crippen molar-refractivity contribution >= 4 is 25.8 Å². The van der Waals surface area contributed by atoms with E-state index >= 15 is 0 Å². The molecule has 2 amide bonds. The number of rotatable bonds is 13. The van der Waals surface area contributed by atoms with Gasteiger partial charge in [-0.05, 0) is 95.7 Å². The average molecular weight is 584 g/mol. The predicted molar refractivity (Wildman–Crippen MR) is 164 cm³/mol. The first-order valence-corrected chi connectivity index (χ1v) is 18.9. The van der Waals surface area contributed by atoms with E-state index in [1.54, 1.807) is 6.20 Å². The predicted octanol–water partition coefficient (Wildman–Crippen LogP) is 6.40. The van der Waals surface area contributed by atoms with Crippen LogP contribution in [-0.2, 0) is 27.4 Å². The molecule has 41 heavy (non-hydrogen) atoms. The topological polar surface area (TPSA) is 107 Å². The van der Waals surface area contributed by atoms with E-state index in [9.17, 15) is 9.59 Å². The highest BCUT2D eigenvalue weighted by Gasteiger charge is 2.48. The molecule has 9 nitrogen and oxygen atoms in total. The molecule has 10 heteroatoms. The number of nitrogens with zero attached hydrogens (tertiary/aromatic N) is 3. The Labute approximate surface area is 246 Å². The summed E-state index contributed by atoms with van der Waals surface area (Å²) in [6.07, 6.45) is 6.35. The fraction of sp³-hybridized carbons (Fsp3) is 0.677. The molecule has 0 aromatic carbocycles. The monoisotopic (exact) mass is 583 g/mol. The molecule has 0 spiro atoms. The van der Waals surface area contributed by atoms with E-state index in [1.807, 2.05) is 44.5 Å². The van der Waals surface area contributed by atoms with Crippen LogP contribution in [0.3, 0.4) is 0 Å². The van der Waals surface area contributed by atoms with Gasteiger partial charge < -0.3 is 20.1 Å². The molecule has 2 heterocycles. The Bertz CT molecular complexity index is 1190. The first kappa shape index (κ1) is 31.2. The van der Waals surface area contributed by atoms with Crippen LogP contribution in [0.25, 0.3) is 11.3 Å². The fourth-order valence-corrected chi connectivity index (χ4v) is 6.21. The molecule has 2 aliphatic carbocycles. The molecule has 2 aliphatic rings. The number of alkyl carbamates (subject to hydrolysis) is 1. The van der Waals surface area contributed by atoms with E-state index < -0.39 is 25.8 Å². The minimum Gasteiger partial charge on any atom is -0.444 e. The summed E-state index contributed by atoms with van der Waals surface area (Å²) < 4.78 is 13.4. The summed E-state index contributed by atoms with van der Waals surface area (Å²) in [5.74, 6) is 0.853. The zero-order valence-electron chi connectivity index (χ0n) is 26.2. The van der Waals surface area contributed by atoms with E-state index in [-0.39, 0.29) is 11.8 Å². The lowest BCUT2D eigenvalue weighted by molar-refractivity contribution is -0.120. The molecule has 0 bridgehead atoms. The highest BCUT2D eigenvalue weighted by Crippen LogP contribution is 2.51. The maximum absolute atomic E-state index is 13.6. The van der Waals surface area contributed by atoms with Gasteiger partial charge in [-0.2, -0.15) is 5.10 Å². The molecule has 2 aromatic rings. The van der Waals surface area contributed by atoms with Gasteiger partial charge in [-0.1, -0.05) is 26.6 Å². The lowest BCUT2D eigenvalue weighted by Crippen LogP contribution is -2.51. The molecule has 2 saturated carbocycles. The number of aryl methyl sites for hydroxylation is 1. The van der Waals surface area contributed by atoms with Crippen molar-refractivity contribution in [3.63, 3.8) is 0 Å². The Morgan fingerprint density at radius 3 is 2.29 bits per heavy atom. The summed E-state index contributed by atoms with van der Waals surface area (Å²) in [5, 5.41) is 10.7. The summed E-state index contributed by atoms with van der Waals surface area (Å²) in [7, 11) is -1.15. The number of ether oxygens (including phenoxy) is 2. The number of aromatic nitrogens is 3. The number of anilines is 1. The van der Waals surface area contributed by atoms with E-state index in [1.165, 1.54) is 0 Å². The van der Waals surface area contributed by atoms with Crippen LogP contribution in [0.2, 0.25) is 25.7 Å². The van der Waals surface area contributed by atoms with Gasteiger partial charge in [-0.3, -0.25) is 9.78 Å². The Hall–Kier alpha value is -2.72. The van der Waals surface area contributed by atoms with Gasteiger partial charge in [0, 0.05) is 20.2 Å². The average Bonchev–Trinajstić information content (AvgIpc) is 3.79. The van der Waals surface area contributed by atoms with Crippen LogP contribution in [0, 0.1) is 24.7 Å². The molecule has 0 aliphatic heterocycles. The first-order chi connectivity index (χ1) is 19.3. The second-order valence-electron chi connectivity index (χ2n) is 13.9. The van der Waals surface area contributed by atoms with Gasteiger partial charge in [-0.25, -0.2) is 9.48 Å². The minimum absolute atomic E-state index is 0.128. The summed E-state index contributed by atoms with van der Waals surface area (Å²) in [5.41, 5.74) is 3.76. The number of hydrogen-bond acceptors (Lipinski definition) is 6. The van der Waals surface area contributed by atoms with Crippen molar-refractivity contribution < 1.29 is 19.1 Å². The van der Waals surface area contributed by atoms with Gasteiger partial charge in [0.2, 0.25) is 5.91 Å². The van der Waals surface area contributed by atoms with Crippen LogP contribution in [0.15, 0.2) is 18.3 Å². The van der Waals surface area contributed by atoms with Crippen molar-refractivity contribution in [3.05, 3.63) is 29.7 Å². The van der Waals surface area contributed by atoms with Crippen LogP contribution in [0.4, 0.5) is 10.5 Å². The van der Waals surface area contributed by atoms with Gasteiger partial charge in [0.05, 0.1) is 29.0 Å². The zero-order chi connectivity index (χ0) is 29.9. The number of carbonyl (C=O) groups excluding carboxylic acids is 2. The van der Waals surface area contributed by atoms with Crippen LogP contribution < -0.4 is 10.6 Å². The van der Waals surface area contributed by atoms with Gasteiger partial charge in [0.25, 0.3) is 0 Å². The van der Waals surface area contributed by atoms with Crippen LogP contribution in [0.1, 0.15) is 64.8 Å². The number of pyridine rings is 1. The highest BCUT2D eigenvalue weighted by atomic mass is 28.3. The van der Waals surface area contributed by atoms with Gasteiger partial charge in [-0.15, -0.1) is 0 Å². The Balaban J connectivity index is 1.46. The second kappa shape index (κ2) is 12.6. The molecule has 1 atom stereocenters. The Morgan fingerprint density at radius 2 is 1.78 bits per heavy atom. The van der Waals surface area contributed by atoms with Crippen molar-refractivity contribution in [2.45, 2.75) is 111 Å². The zero-order valence-corrected chi connectivity index (χ0v) is 27.2. The molecule has 226 valence electrons. The minimum atomic E-state index is -1.15. The summed E-state index contributed by atoms with van der Waals surface area (Å²) in [6.45, 7) is 17.8. The third-order valence-electron chi connectivity index (χ3n) is 7.74. The molecular weight excluding hydrogens is 534 g/mol. The normalized spacial score (nSPS) is 16.5. The molecule has 0 unspecified atom stereocenters. The highest BCUT2D eigenvalue weighted by molar-refractivity contribution is 6.76. The van der Waals surface area contributed by atoms with Crippen LogP contribution >= 0.6 is 0 Å². The molecule has 0 radical (unpaired) electrons. The third kappa shape index (κ3) is 8.88. The van der Waals surface area contributed by atoms with E-state index in [2.05, 4.69) is 37.2 Å². The SMILES string of the molecule is CCc1c(-c2ccc(NC(=O)[C@@H](NC(=O)OC(C)(C)C)C(C3CC3)C3CC3)cn2)c(C)nn1COCC[Si](C)(C)C. The van der Waals surface area contributed by atoms with E-state index in [0.717, 1.165) is 67.4 Å². The molecule has 4 rings (SSSR count). The number of carbonyl (C=O) groups is 2. The summed E-state index contributed by atoms with van der Waals surface area (Å²) >= 11 is 0. The third-order valence-corrected chi connectivity index (χ3v) is 9.44. The van der Waals surface area contributed by atoms with Gasteiger partial charge in [0.15, 0.2) is 0 Å². The molecule has 0 saturated heterocycles. The second-order valence-corrected chi connectivity index (χ2v) is 19.5. The van der Waals surface area contributed by atoms with Crippen molar-refractivity contribution in [1.29, 1.82) is 0 Å². The van der Waals surface area contributed by atoms with Crippen LogP contribution in [-0.4, -0.2) is 53.1 Å². The summed E-state index contributed by atoms with van der Waals surface area (Å²) in [4.78, 5) is 31.0. The number of amides is 2. The largest absolute Gasteiger partial charge is 0.444 e. The fourth-order valence-electron chi connectivity index (χ4n) is 5.46. The Morgan fingerprint density at radius 1 is 1.12 bits per heavy atom. The molecular formula is C31H49N5O4Si. The van der Waals surface area contributed by atoms with Gasteiger partial charge >= 0.3 is 6.09 Å². The quantitative estimate of drug-likeness (QED) is 0.209. The summed E-state index contributed by atoms with van der Waals surface area (Å²) in [6, 6.07) is 4.27. The number of hydrogen-bond donors (Lipinski definition) is 2. The molecule has 2 N–H and O–H groups in total. The van der Waals surface area contributed by atoms with Crippen molar-refractivity contribution in [3.8, 4) is 11.3 Å². The standard InChI is InChI=1S/C31H49N5O4Si/c1-9-25-26(20(2)35-36(25)19-39-16-17-41(6,7)8)24-15-14-23(18-32-24)33-29(37)28(34-30(38)40-31(3,4)5)27(21-10-11-21)22-12-13-22/h14-15,18,21-22,27-28H,9-13,16-17,19H2,1-8H3,(H,33,37)(H,34,38)/t28-/m0/s1. The first-order valence-electron chi connectivity index (χ1n) is 15.2. The van der Waals surface area contributed by atoms with Crippen molar-refractivity contribution in [1.82, 2.24) is 20.1 Å². The van der Waals surface area contributed by atoms with Crippen LogP contribution in [0.5, 0.6) is 0 Å². The lowest BCUT2D eigenvalue weighted by Gasteiger charge is -2.29. The van der Waals surface area contributed by atoms with Crippen molar-refractivity contribution in [2.75, 3.05) is 11.9 Å². The smallest absolute Gasteiger partial charge is 0.408 e. The number of nitrogens with one attached hydrogen (secondary N) is 2. The van der Waals surface area contributed by atoms with E-state index in [0.29, 0.717) is 24.3 Å². The Kier molecular flexibility index (Phi) is 9.63. The van der Waals surface area contributed by atoms with E-state index in [4.69, 9.17) is 19.6 Å². The molecule has 2 aromatic heterocycles. The molecule has 2 fully saturated rings. The van der Waals surface area contributed by atoms with Gasteiger partial charge in [0.1, 0.15) is 18.4 Å².